The number of likely N-dealkylation sites (tertiary alicyclic amines) is 1. The molecule has 23 heavy (non-hydrogen) atoms. The van der Waals surface area contributed by atoms with E-state index in [1.165, 1.54) is 11.3 Å². The molecule has 0 bridgehead atoms. The third kappa shape index (κ3) is 3.66. The van der Waals surface area contributed by atoms with E-state index in [1.54, 1.807) is 11.3 Å². The molecule has 5 heteroatoms. The van der Waals surface area contributed by atoms with Gasteiger partial charge in [-0.25, -0.2) is 4.98 Å². The zero-order valence-corrected chi connectivity index (χ0v) is 14.7. The van der Waals surface area contributed by atoms with E-state index < -0.39 is 0 Å². The number of piperidine rings is 1. The molecule has 3 heterocycles. The molecule has 0 aliphatic carbocycles. The van der Waals surface area contributed by atoms with Crippen molar-refractivity contribution in [1.82, 2.24) is 9.88 Å². The number of rotatable bonds is 5. The standard InChI is InChI=1S/C18H24N2O2S/c1-3-16-19-13(2)17(22-16)18(21)20-11-5-4-7-14(20)9-10-15-8-6-12-23-15/h6,8,12,14H,3-5,7,9-11H2,1-2H3. The molecular weight excluding hydrogens is 308 g/mol. The summed E-state index contributed by atoms with van der Waals surface area (Å²) in [6, 6.07) is 4.58. The lowest BCUT2D eigenvalue weighted by atomic mass is 9.97. The van der Waals surface area contributed by atoms with E-state index in [-0.39, 0.29) is 5.91 Å². The summed E-state index contributed by atoms with van der Waals surface area (Å²) in [5.74, 6) is 1.11. The van der Waals surface area contributed by atoms with Crippen molar-refractivity contribution in [3.05, 3.63) is 39.7 Å². The Balaban J connectivity index is 1.72. The molecule has 1 aliphatic rings. The fraction of sp³-hybridized carbons (Fsp3) is 0.556. The van der Waals surface area contributed by atoms with Gasteiger partial charge in [-0.2, -0.15) is 0 Å². The van der Waals surface area contributed by atoms with Crippen LogP contribution < -0.4 is 0 Å². The average molecular weight is 332 g/mol. The van der Waals surface area contributed by atoms with Crippen molar-refractivity contribution in [3.8, 4) is 0 Å². The minimum Gasteiger partial charge on any atom is -0.435 e. The molecule has 0 saturated carbocycles. The predicted molar refractivity (Wildman–Crippen MR) is 91.9 cm³/mol. The normalized spacial score (nSPS) is 18.3. The molecule has 0 aromatic carbocycles. The smallest absolute Gasteiger partial charge is 0.291 e. The van der Waals surface area contributed by atoms with Crippen LogP contribution >= 0.6 is 11.3 Å². The van der Waals surface area contributed by atoms with E-state index in [9.17, 15) is 4.79 Å². The van der Waals surface area contributed by atoms with E-state index in [0.717, 1.165) is 44.3 Å². The fourth-order valence-corrected chi connectivity index (χ4v) is 3.99. The van der Waals surface area contributed by atoms with Crippen LogP contribution in [0.1, 0.15) is 59.6 Å². The summed E-state index contributed by atoms with van der Waals surface area (Å²) in [4.78, 5) is 20.7. The lowest BCUT2D eigenvalue weighted by molar-refractivity contribution is 0.0567. The van der Waals surface area contributed by atoms with E-state index >= 15 is 0 Å². The Bertz CT molecular complexity index is 648. The Hall–Kier alpha value is -1.62. The van der Waals surface area contributed by atoms with Crippen LogP contribution in [-0.4, -0.2) is 28.4 Å². The van der Waals surface area contributed by atoms with Gasteiger partial charge in [-0.05, 0) is 50.5 Å². The number of amides is 1. The summed E-state index contributed by atoms with van der Waals surface area (Å²) in [5, 5.41) is 2.11. The van der Waals surface area contributed by atoms with Gasteiger partial charge in [-0.1, -0.05) is 13.0 Å². The number of carbonyl (C=O) groups excluding carboxylic acids is 1. The highest BCUT2D eigenvalue weighted by molar-refractivity contribution is 7.09. The summed E-state index contributed by atoms with van der Waals surface area (Å²) in [5.41, 5.74) is 0.717. The Morgan fingerprint density at radius 1 is 1.48 bits per heavy atom. The summed E-state index contributed by atoms with van der Waals surface area (Å²) >= 11 is 1.79. The second-order valence-electron chi connectivity index (χ2n) is 6.14. The summed E-state index contributed by atoms with van der Waals surface area (Å²) in [6.07, 6.45) is 6.16. The molecule has 0 spiro atoms. The van der Waals surface area contributed by atoms with Crippen LogP contribution in [-0.2, 0) is 12.8 Å². The van der Waals surface area contributed by atoms with Crippen LogP contribution in [0.15, 0.2) is 21.9 Å². The third-order valence-electron chi connectivity index (χ3n) is 4.53. The maximum atomic E-state index is 12.9. The highest BCUT2D eigenvalue weighted by atomic mass is 32.1. The largest absolute Gasteiger partial charge is 0.435 e. The second kappa shape index (κ2) is 7.30. The number of hydrogen-bond acceptors (Lipinski definition) is 4. The first-order chi connectivity index (χ1) is 11.2. The van der Waals surface area contributed by atoms with Crippen LogP contribution in [0.3, 0.4) is 0 Å². The Labute approximate surface area is 141 Å². The van der Waals surface area contributed by atoms with Crippen LogP contribution in [0.25, 0.3) is 0 Å². The molecule has 1 unspecified atom stereocenters. The van der Waals surface area contributed by atoms with Gasteiger partial charge in [0.25, 0.3) is 5.91 Å². The van der Waals surface area contributed by atoms with Crippen LogP contribution in [0.4, 0.5) is 0 Å². The molecule has 1 atom stereocenters. The topological polar surface area (TPSA) is 46.3 Å². The predicted octanol–water partition coefficient (Wildman–Crippen LogP) is 4.23. The van der Waals surface area contributed by atoms with Gasteiger partial charge in [0.05, 0.1) is 5.69 Å². The van der Waals surface area contributed by atoms with E-state index in [4.69, 9.17) is 4.42 Å². The SMILES string of the molecule is CCc1nc(C)c(C(=O)N2CCCCC2CCc2cccs2)o1. The van der Waals surface area contributed by atoms with Crippen molar-refractivity contribution in [2.24, 2.45) is 0 Å². The molecule has 124 valence electrons. The summed E-state index contributed by atoms with van der Waals surface area (Å²) in [6.45, 7) is 4.68. The lowest BCUT2D eigenvalue weighted by Crippen LogP contribution is -2.44. The molecule has 3 rings (SSSR count). The summed E-state index contributed by atoms with van der Waals surface area (Å²) in [7, 11) is 0. The van der Waals surface area contributed by atoms with Crippen LogP contribution in [0, 0.1) is 6.92 Å². The minimum absolute atomic E-state index is 0.0191. The fourth-order valence-electron chi connectivity index (χ4n) is 3.26. The minimum atomic E-state index is 0.0191. The number of carbonyl (C=O) groups is 1. The molecule has 2 aromatic heterocycles. The first kappa shape index (κ1) is 16.2. The monoisotopic (exact) mass is 332 g/mol. The molecule has 1 amide bonds. The number of oxazole rings is 1. The molecule has 0 N–H and O–H groups in total. The molecular formula is C18H24N2O2S. The van der Waals surface area contributed by atoms with Gasteiger partial charge in [-0.15, -0.1) is 11.3 Å². The molecule has 1 saturated heterocycles. The number of hydrogen-bond donors (Lipinski definition) is 0. The van der Waals surface area contributed by atoms with Gasteiger partial charge in [0.2, 0.25) is 5.76 Å². The van der Waals surface area contributed by atoms with Crippen molar-refractivity contribution < 1.29 is 9.21 Å². The maximum Gasteiger partial charge on any atom is 0.291 e. The van der Waals surface area contributed by atoms with Gasteiger partial charge in [0.1, 0.15) is 0 Å². The zero-order chi connectivity index (χ0) is 16.2. The Morgan fingerprint density at radius 2 is 2.35 bits per heavy atom. The third-order valence-corrected chi connectivity index (χ3v) is 5.47. The molecule has 1 aliphatic heterocycles. The van der Waals surface area contributed by atoms with Crippen LogP contribution in [0.2, 0.25) is 0 Å². The number of aromatic nitrogens is 1. The van der Waals surface area contributed by atoms with Gasteiger partial charge >= 0.3 is 0 Å². The van der Waals surface area contributed by atoms with Gasteiger partial charge < -0.3 is 9.32 Å². The van der Waals surface area contributed by atoms with Crippen molar-refractivity contribution in [3.63, 3.8) is 0 Å². The van der Waals surface area contributed by atoms with Crippen molar-refractivity contribution in [2.45, 2.75) is 58.4 Å². The molecule has 1 fully saturated rings. The first-order valence-electron chi connectivity index (χ1n) is 8.48. The highest BCUT2D eigenvalue weighted by Crippen LogP contribution is 2.25. The number of aryl methyl sites for hydroxylation is 3. The van der Waals surface area contributed by atoms with Gasteiger partial charge in [0, 0.05) is 23.9 Å². The number of nitrogens with zero attached hydrogens (tertiary/aromatic N) is 2. The molecule has 2 aromatic rings. The Kier molecular flexibility index (Phi) is 5.16. The van der Waals surface area contributed by atoms with E-state index in [0.29, 0.717) is 17.7 Å². The summed E-state index contributed by atoms with van der Waals surface area (Å²) < 4.78 is 5.68. The van der Waals surface area contributed by atoms with Crippen molar-refractivity contribution in [2.75, 3.05) is 6.54 Å². The van der Waals surface area contributed by atoms with Crippen molar-refractivity contribution in [1.29, 1.82) is 0 Å². The first-order valence-corrected chi connectivity index (χ1v) is 9.36. The zero-order valence-electron chi connectivity index (χ0n) is 13.9. The molecule has 0 radical (unpaired) electrons. The number of thiophene rings is 1. The van der Waals surface area contributed by atoms with E-state index in [1.807, 2.05) is 18.7 Å². The van der Waals surface area contributed by atoms with Crippen LogP contribution in [0.5, 0.6) is 0 Å². The maximum absolute atomic E-state index is 12.9. The van der Waals surface area contributed by atoms with E-state index in [2.05, 4.69) is 22.5 Å². The quantitative estimate of drug-likeness (QED) is 0.823. The lowest BCUT2D eigenvalue weighted by Gasteiger charge is -2.35. The Morgan fingerprint density at radius 3 is 3.04 bits per heavy atom. The highest BCUT2D eigenvalue weighted by Gasteiger charge is 2.30. The average Bonchev–Trinajstić information content (AvgIpc) is 3.22. The van der Waals surface area contributed by atoms with Crippen molar-refractivity contribution >= 4 is 17.2 Å². The second-order valence-corrected chi connectivity index (χ2v) is 7.17. The molecule has 4 nitrogen and oxygen atoms in total. The van der Waals surface area contributed by atoms with Gasteiger partial charge in [0.15, 0.2) is 5.89 Å². The van der Waals surface area contributed by atoms with Gasteiger partial charge in [-0.3, -0.25) is 4.79 Å².